The molecule has 122 valence electrons. The highest BCUT2D eigenvalue weighted by Crippen LogP contribution is 2.20. The van der Waals surface area contributed by atoms with E-state index in [0.29, 0.717) is 6.04 Å². The molecule has 3 aromatic rings. The molecule has 1 amide bonds. The van der Waals surface area contributed by atoms with Gasteiger partial charge in [-0.3, -0.25) is 4.79 Å². The minimum atomic E-state index is 0.116. The molecule has 6 nitrogen and oxygen atoms in total. The average Bonchev–Trinajstić information content (AvgIpc) is 3.12. The minimum absolute atomic E-state index is 0.116. The van der Waals surface area contributed by atoms with Gasteiger partial charge in [-0.05, 0) is 37.1 Å². The summed E-state index contributed by atoms with van der Waals surface area (Å²) in [5, 5.41) is 7.68. The first-order chi connectivity index (χ1) is 11.8. The van der Waals surface area contributed by atoms with E-state index in [9.17, 15) is 4.79 Å². The van der Waals surface area contributed by atoms with Crippen LogP contribution in [0.5, 0.6) is 0 Å². The summed E-state index contributed by atoms with van der Waals surface area (Å²) in [7, 11) is 0. The predicted molar refractivity (Wildman–Crippen MR) is 92.0 cm³/mol. The number of likely N-dealkylation sites (tertiary alicyclic amines) is 1. The number of aromatic nitrogens is 3. The molecule has 0 atom stereocenters. The van der Waals surface area contributed by atoms with E-state index in [2.05, 4.69) is 15.4 Å². The van der Waals surface area contributed by atoms with E-state index in [4.69, 9.17) is 0 Å². The SMILES string of the molecule is O=C(c1ccccc1)N1CCC(Nc2ncnn3cccc23)CC1. The zero-order valence-electron chi connectivity index (χ0n) is 13.3. The van der Waals surface area contributed by atoms with Crippen LogP contribution in [0.1, 0.15) is 23.2 Å². The highest BCUT2D eigenvalue weighted by molar-refractivity contribution is 5.94. The maximum atomic E-state index is 12.5. The lowest BCUT2D eigenvalue weighted by atomic mass is 10.0. The Kier molecular flexibility index (Phi) is 3.86. The van der Waals surface area contributed by atoms with Crippen molar-refractivity contribution in [2.45, 2.75) is 18.9 Å². The van der Waals surface area contributed by atoms with Gasteiger partial charge < -0.3 is 10.2 Å². The van der Waals surface area contributed by atoms with Crippen molar-refractivity contribution < 1.29 is 4.79 Å². The van der Waals surface area contributed by atoms with E-state index in [0.717, 1.165) is 42.8 Å². The molecule has 1 aliphatic rings. The minimum Gasteiger partial charge on any atom is -0.365 e. The van der Waals surface area contributed by atoms with Gasteiger partial charge in [0.05, 0.1) is 0 Å². The summed E-state index contributed by atoms with van der Waals surface area (Å²) in [6.07, 6.45) is 5.29. The smallest absolute Gasteiger partial charge is 0.253 e. The number of amides is 1. The van der Waals surface area contributed by atoms with Crippen LogP contribution in [0.25, 0.3) is 5.52 Å². The average molecular weight is 321 g/mol. The molecule has 3 heterocycles. The maximum absolute atomic E-state index is 12.5. The molecule has 0 aliphatic carbocycles. The third-order valence-electron chi connectivity index (χ3n) is 4.48. The first kappa shape index (κ1) is 14.7. The number of carbonyl (C=O) groups is 1. The van der Waals surface area contributed by atoms with Gasteiger partial charge in [-0.25, -0.2) is 9.50 Å². The van der Waals surface area contributed by atoms with E-state index in [1.807, 2.05) is 58.1 Å². The van der Waals surface area contributed by atoms with Crippen molar-refractivity contribution in [2.75, 3.05) is 18.4 Å². The lowest BCUT2D eigenvalue weighted by molar-refractivity contribution is 0.0718. The normalized spacial score (nSPS) is 15.6. The van der Waals surface area contributed by atoms with Crippen LogP contribution in [-0.4, -0.2) is 44.5 Å². The number of benzene rings is 1. The summed E-state index contributed by atoms with van der Waals surface area (Å²) in [4.78, 5) is 18.8. The molecule has 1 saturated heterocycles. The molecule has 1 aromatic carbocycles. The number of hydrogen-bond acceptors (Lipinski definition) is 4. The standard InChI is InChI=1S/C18H19N5O/c24-18(14-5-2-1-3-6-14)22-11-8-15(9-12-22)21-17-16-7-4-10-23(16)20-13-19-17/h1-7,10,13,15H,8-9,11-12H2,(H,19,20,21). The number of nitrogens with zero attached hydrogens (tertiary/aromatic N) is 4. The fraction of sp³-hybridized carbons (Fsp3) is 0.278. The second-order valence-electron chi connectivity index (χ2n) is 6.02. The Hall–Kier alpha value is -2.89. The number of anilines is 1. The summed E-state index contributed by atoms with van der Waals surface area (Å²) in [6, 6.07) is 13.7. The van der Waals surface area contributed by atoms with Gasteiger partial charge in [0.2, 0.25) is 0 Å². The summed E-state index contributed by atoms with van der Waals surface area (Å²) >= 11 is 0. The molecular weight excluding hydrogens is 302 g/mol. The van der Waals surface area contributed by atoms with Crippen LogP contribution in [-0.2, 0) is 0 Å². The van der Waals surface area contributed by atoms with Crippen LogP contribution in [0.3, 0.4) is 0 Å². The number of piperidine rings is 1. The van der Waals surface area contributed by atoms with Crippen LogP contribution in [0.4, 0.5) is 5.82 Å². The Morgan fingerprint density at radius 3 is 2.67 bits per heavy atom. The second-order valence-corrected chi connectivity index (χ2v) is 6.02. The Balaban J connectivity index is 1.40. The van der Waals surface area contributed by atoms with E-state index in [1.54, 1.807) is 6.33 Å². The molecule has 0 unspecified atom stereocenters. The monoisotopic (exact) mass is 321 g/mol. The summed E-state index contributed by atoms with van der Waals surface area (Å²) < 4.78 is 1.81. The van der Waals surface area contributed by atoms with Crippen LogP contribution in [0, 0.1) is 0 Å². The number of hydrogen-bond donors (Lipinski definition) is 1. The molecule has 24 heavy (non-hydrogen) atoms. The molecule has 2 aromatic heterocycles. The molecule has 0 spiro atoms. The maximum Gasteiger partial charge on any atom is 0.253 e. The van der Waals surface area contributed by atoms with Crippen LogP contribution in [0.2, 0.25) is 0 Å². The van der Waals surface area contributed by atoms with Crippen molar-refractivity contribution in [3.05, 3.63) is 60.6 Å². The highest BCUT2D eigenvalue weighted by atomic mass is 16.2. The molecule has 0 radical (unpaired) electrons. The topological polar surface area (TPSA) is 62.5 Å². The van der Waals surface area contributed by atoms with E-state index >= 15 is 0 Å². The molecule has 1 aliphatic heterocycles. The molecule has 0 saturated carbocycles. The third-order valence-corrected chi connectivity index (χ3v) is 4.48. The van der Waals surface area contributed by atoms with Crippen molar-refractivity contribution in [3.8, 4) is 0 Å². The van der Waals surface area contributed by atoms with Crippen molar-refractivity contribution in [1.82, 2.24) is 19.5 Å². The third kappa shape index (κ3) is 2.82. The van der Waals surface area contributed by atoms with Gasteiger partial charge in [0.1, 0.15) is 11.8 Å². The zero-order chi connectivity index (χ0) is 16.4. The molecule has 0 bridgehead atoms. The van der Waals surface area contributed by atoms with E-state index in [1.165, 1.54) is 0 Å². The first-order valence-electron chi connectivity index (χ1n) is 8.20. The lowest BCUT2D eigenvalue weighted by Gasteiger charge is -2.32. The lowest BCUT2D eigenvalue weighted by Crippen LogP contribution is -2.42. The van der Waals surface area contributed by atoms with Gasteiger partial charge in [-0.1, -0.05) is 18.2 Å². The van der Waals surface area contributed by atoms with Crippen molar-refractivity contribution in [1.29, 1.82) is 0 Å². The number of nitrogens with one attached hydrogen (secondary N) is 1. The highest BCUT2D eigenvalue weighted by Gasteiger charge is 2.24. The quantitative estimate of drug-likeness (QED) is 0.805. The number of fused-ring (bicyclic) bond motifs is 1. The number of carbonyl (C=O) groups excluding carboxylic acids is 1. The zero-order valence-corrected chi connectivity index (χ0v) is 13.3. The summed E-state index contributed by atoms with van der Waals surface area (Å²) in [5.41, 5.74) is 1.73. The van der Waals surface area contributed by atoms with Gasteiger partial charge >= 0.3 is 0 Å². The number of rotatable bonds is 3. The van der Waals surface area contributed by atoms with Gasteiger partial charge in [-0.15, -0.1) is 0 Å². The Bertz CT molecular complexity index is 837. The molecule has 4 rings (SSSR count). The van der Waals surface area contributed by atoms with Gasteiger partial charge in [0.15, 0.2) is 5.82 Å². The van der Waals surface area contributed by atoms with Crippen LogP contribution >= 0.6 is 0 Å². The Morgan fingerprint density at radius 1 is 1.08 bits per heavy atom. The Labute approximate surface area is 140 Å². The van der Waals surface area contributed by atoms with E-state index < -0.39 is 0 Å². The largest absolute Gasteiger partial charge is 0.365 e. The molecule has 1 N–H and O–H groups in total. The fourth-order valence-corrected chi connectivity index (χ4v) is 3.16. The van der Waals surface area contributed by atoms with Gasteiger partial charge in [0, 0.05) is 30.9 Å². The summed E-state index contributed by atoms with van der Waals surface area (Å²) in [5.74, 6) is 0.966. The molecule has 6 heteroatoms. The summed E-state index contributed by atoms with van der Waals surface area (Å²) in [6.45, 7) is 1.52. The van der Waals surface area contributed by atoms with E-state index in [-0.39, 0.29) is 5.91 Å². The van der Waals surface area contributed by atoms with Crippen molar-refractivity contribution in [2.24, 2.45) is 0 Å². The predicted octanol–water partition coefficient (Wildman–Crippen LogP) is 2.45. The van der Waals surface area contributed by atoms with Crippen molar-refractivity contribution in [3.63, 3.8) is 0 Å². The molecule has 1 fully saturated rings. The molecular formula is C18H19N5O. The Morgan fingerprint density at radius 2 is 1.88 bits per heavy atom. The van der Waals surface area contributed by atoms with Gasteiger partial charge in [0.25, 0.3) is 5.91 Å². The fourth-order valence-electron chi connectivity index (χ4n) is 3.16. The van der Waals surface area contributed by atoms with Crippen LogP contribution in [0.15, 0.2) is 55.0 Å². The second kappa shape index (κ2) is 6.31. The first-order valence-corrected chi connectivity index (χ1v) is 8.20. The van der Waals surface area contributed by atoms with Gasteiger partial charge in [-0.2, -0.15) is 5.10 Å². The van der Waals surface area contributed by atoms with Crippen LogP contribution < -0.4 is 5.32 Å². The van der Waals surface area contributed by atoms with Crippen molar-refractivity contribution >= 4 is 17.2 Å².